The van der Waals surface area contributed by atoms with Gasteiger partial charge in [-0.3, -0.25) is 13.4 Å². The Labute approximate surface area is 78.8 Å². The lowest BCUT2D eigenvalue weighted by Gasteiger charge is -1.55. The molecule has 0 fully saturated rings. The zero-order valence-electron chi connectivity index (χ0n) is 5.99. The van der Waals surface area contributed by atoms with Crippen LogP contribution in [0.4, 0.5) is 0 Å². The molecule has 0 aliphatic heterocycles. The van der Waals surface area contributed by atoms with Crippen molar-refractivity contribution in [1.82, 2.24) is 0 Å². The Hall–Kier alpha value is -1.08. The van der Waals surface area contributed by atoms with Gasteiger partial charge in [-0.05, 0) is 0 Å². The van der Waals surface area contributed by atoms with Gasteiger partial charge in [-0.2, -0.15) is 0 Å². The first-order valence-corrected chi connectivity index (χ1v) is 5.86. The van der Waals surface area contributed by atoms with Crippen LogP contribution in [-0.2, 0) is 13.4 Å². The fourth-order valence-electron chi connectivity index (χ4n) is 0. The molecule has 0 bridgehead atoms. The molecular weight excluding hydrogens is 239 g/mol. The van der Waals surface area contributed by atoms with Gasteiger partial charge in [0.2, 0.25) is 0 Å². The normalized spacial score (nSPS) is 5.54. The lowest BCUT2D eigenvalue weighted by molar-refractivity contribution is 0.328. The molecule has 9 nitrogen and oxygen atoms in total. The molecule has 3 radical (unpaired) electrons. The molecule has 13 heavy (non-hydrogen) atoms. The summed E-state index contributed by atoms with van der Waals surface area (Å²) in [6, 6.07) is 0. The smallest absolute Gasteiger partial charge is 0.511 e. The molecule has 0 aliphatic rings. The van der Waals surface area contributed by atoms with E-state index in [1.165, 1.54) is 0 Å². The van der Waals surface area contributed by atoms with Crippen LogP contribution in [0.25, 0.3) is 0 Å². The maximum Gasteiger partial charge on any atom is 0.761 e. The summed E-state index contributed by atoms with van der Waals surface area (Å²) in [6.07, 6.45) is 0. The Bertz CT molecular complexity index is 112. The Balaban J connectivity index is -0.0000000450. The van der Waals surface area contributed by atoms with Crippen molar-refractivity contribution in [3.05, 3.63) is 0 Å². The van der Waals surface area contributed by atoms with Gasteiger partial charge >= 0.3 is 27.5 Å². The van der Waals surface area contributed by atoms with Crippen LogP contribution in [0.3, 0.4) is 0 Å². The lowest BCUT2D eigenvalue weighted by atomic mass is 10.8. The summed E-state index contributed by atoms with van der Waals surface area (Å²) in [5.41, 5.74) is 0. The van der Waals surface area contributed by atoms with Gasteiger partial charge in [0, 0.05) is 8.41 Å². The lowest BCUT2D eigenvalue weighted by Crippen LogP contribution is -1.90. The molecule has 0 aromatic rings. The minimum atomic E-state index is -3.13. The van der Waals surface area contributed by atoms with E-state index < -0.39 is 27.5 Å². The van der Waals surface area contributed by atoms with Crippen LogP contribution in [0.1, 0.15) is 0 Å². The fourth-order valence-corrected chi connectivity index (χ4v) is 0. The monoisotopic (exact) mass is 245 g/mol. The van der Waals surface area contributed by atoms with Crippen molar-refractivity contribution in [2.75, 3.05) is 0 Å². The molecule has 75 valence electrons. The molecule has 0 saturated heterocycles. The van der Waals surface area contributed by atoms with E-state index in [4.69, 9.17) is 42.2 Å². The third-order valence-corrected chi connectivity index (χ3v) is 0. The summed E-state index contributed by atoms with van der Waals surface area (Å²) in [5, 5.41) is 0. The fraction of sp³-hybridized carbons (Fsp3) is 0. The predicted molar refractivity (Wildman–Crippen MR) is 38.4 cm³/mol. The summed E-state index contributed by atoms with van der Waals surface area (Å²) in [7, 11) is -9.39. The van der Waals surface area contributed by atoms with Crippen LogP contribution in [0, 0.1) is 0 Å². The molecule has 0 saturated carbocycles. The van der Waals surface area contributed by atoms with Gasteiger partial charge in [-0.1, -0.05) is 0 Å². The summed E-state index contributed by atoms with van der Waals surface area (Å²) in [4.78, 5) is 42.9. The average Bonchev–Trinajstić information content (AvgIpc) is 1.54. The van der Waals surface area contributed by atoms with E-state index in [0.29, 0.717) is 0 Å². The molecule has 0 rings (SSSR count). The second-order valence-corrected chi connectivity index (χ2v) is 2.54. The summed E-state index contributed by atoms with van der Waals surface area (Å²) in [5.74, 6) is 0. The highest BCUT2D eigenvalue weighted by Gasteiger charge is 1.85. The predicted octanol–water partition coefficient (Wildman–Crippen LogP) is -5.22. The van der Waals surface area contributed by atoms with Gasteiger partial charge in [0.15, 0.2) is 0 Å². The van der Waals surface area contributed by atoms with Gasteiger partial charge in [0.25, 0.3) is 0 Å². The standard InChI is InChI=1S/B.3H2O3Si/c;3*1-4(2)3/h;3*1-2H. The van der Waals surface area contributed by atoms with E-state index in [1.807, 2.05) is 0 Å². The first-order chi connectivity index (χ1) is 5.20. The van der Waals surface area contributed by atoms with Crippen molar-refractivity contribution in [2.24, 2.45) is 0 Å². The Morgan fingerprint density at radius 1 is 0.538 bits per heavy atom. The second-order valence-electron chi connectivity index (χ2n) is 0.848. The molecule has 6 N–H and O–H groups in total. The van der Waals surface area contributed by atoms with E-state index in [-0.39, 0.29) is 8.41 Å². The van der Waals surface area contributed by atoms with Crippen LogP contribution >= 0.6 is 0 Å². The van der Waals surface area contributed by atoms with Gasteiger partial charge in [-0.15, -0.1) is 0 Å². The summed E-state index contributed by atoms with van der Waals surface area (Å²) in [6.45, 7) is 0. The molecule has 0 spiro atoms. The molecule has 0 unspecified atom stereocenters. The third-order valence-electron chi connectivity index (χ3n) is 0. The highest BCUT2D eigenvalue weighted by Crippen LogP contribution is 1.27. The average molecular weight is 245 g/mol. The molecule has 0 amide bonds. The highest BCUT2D eigenvalue weighted by molar-refractivity contribution is 6.22. The van der Waals surface area contributed by atoms with Crippen LogP contribution in [0.2, 0.25) is 0 Å². The van der Waals surface area contributed by atoms with E-state index in [9.17, 15) is 0 Å². The Kier molecular flexibility index (Phi) is 29.9. The van der Waals surface area contributed by atoms with Gasteiger partial charge in [0.1, 0.15) is 0 Å². The van der Waals surface area contributed by atoms with Gasteiger partial charge < -0.3 is 28.8 Å². The van der Waals surface area contributed by atoms with Gasteiger partial charge in [0.05, 0.1) is 0 Å². The van der Waals surface area contributed by atoms with Crippen molar-refractivity contribution in [2.45, 2.75) is 0 Å². The van der Waals surface area contributed by atoms with Crippen LogP contribution in [-0.4, -0.2) is 64.7 Å². The summed E-state index contributed by atoms with van der Waals surface area (Å²) < 4.78 is 26.2. The highest BCUT2D eigenvalue weighted by atomic mass is 28.3. The van der Waals surface area contributed by atoms with Crippen LogP contribution in [0.15, 0.2) is 0 Å². The first-order valence-electron chi connectivity index (χ1n) is 1.95. The third kappa shape index (κ3) is 738. The quantitative estimate of drug-likeness (QED) is 0.228. The second kappa shape index (κ2) is 17.1. The molecule has 0 aromatic heterocycles. The van der Waals surface area contributed by atoms with Gasteiger partial charge in [-0.25, -0.2) is 0 Å². The maximum atomic E-state index is 8.74. The molecular formula is H6BO9Si3. The Morgan fingerprint density at radius 3 is 0.538 bits per heavy atom. The molecule has 0 aliphatic carbocycles. The van der Waals surface area contributed by atoms with Crippen molar-refractivity contribution in [3.8, 4) is 0 Å². The first kappa shape index (κ1) is 22.7. The number of hydrogen-bond acceptors (Lipinski definition) is 3. The minimum Gasteiger partial charge on any atom is -0.511 e. The maximum absolute atomic E-state index is 8.74. The van der Waals surface area contributed by atoms with E-state index in [2.05, 4.69) is 0 Å². The molecule has 0 heterocycles. The van der Waals surface area contributed by atoms with Crippen molar-refractivity contribution < 1.29 is 42.2 Å². The molecule has 13 heteroatoms. The van der Waals surface area contributed by atoms with E-state index >= 15 is 0 Å². The Morgan fingerprint density at radius 2 is 0.538 bits per heavy atom. The van der Waals surface area contributed by atoms with Crippen LogP contribution < -0.4 is 0 Å². The molecule has 0 aromatic carbocycles. The van der Waals surface area contributed by atoms with Crippen LogP contribution in [0.5, 0.6) is 0 Å². The number of rotatable bonds is 0. The van der Waals surface area contributed by atoms with E-state index in [0.717, 1.165) is 0 Å². The SMILES string of the molecule is O=[Si](O)O.O=[Si](O)O.O=[Si](O)O.[B]. The largest absolute Gasteiger partial charge is 0.761 e. The summed E-state index contributed by atoms with van der Waals surface area (Å²) >= 11 is 0. The van der Waals surface area contributed by atoms with E-state index in [1.54, 1.807) is 0 Å². The zero-order chi connectivity index (χ0) is 10.7. The number of hydrogen-bond donors (Lipinski definition) is 6. The van der Waals surface area contributed by atoms with Crippen molar-refractivity contribution in [1.29, 1.82) is 0 Å². The topological polar surface area (TPSA) is 173 Å². The van der Waals surface area contributed by atoms with Crippen molar-refractivity contribution in [3.63, 3.8) is 0 Å². The molecule has 0 atom stereocenters. The van der Waals surface area contributed by atoms with Crippen molar-refractivity contribution >= 4 is 35.9 Å². The zero-order valence-corrected chi connectivity index (χ0v) is 8.99. The minimum absolute atomic E-state index is 0.